The quantitative estimate of drug-likeness (QED) is 0.659. The van der Waals surface area contributed by atoms with Gasteiger partial charge in [0.1, 0.15) is 5.25 Å². The predicted molar refractivity (Wildman–Crippen MR) is 39.8 cm³/mol. The molecular formula is C6H9O3S. The van der Waals surface area contributed by atoms with E-state index in [2.05, 4.69) is 0 Å². The van der Waals surface area contributed by atoms with E-state index in [0.717, 1.165) is 11.8 Å². The zero-order valence-corrected chi connectivity index (χ0v) is 6.64. The summed E-state index contributed by atoms with van der Waals surface area (Å²) in [6.07, 6.45) is 1.70. The number of carboxylic acids is 1. The molecule has 2 atom stereocenters. The molecule has 0 aromatic carbocycles. The normalized spacial score (nSPS) is 15.8. The fraction of sp³-hybridized carbons (Fsp3) is 0.667. The Morgan fingerprint density at radius 1 is 1.60 bits per heavy atom. The second-order valence-corrected chi connectivity index (χ2v) is 3.56. The van der Waals surface area contributed by atoms with Crippen molar-refractivity contribution in [2.45, 2.75) is 24.3 Å². The van der Waals surface area contributed by atoms with Gasteiger partial charge in [-0.15, -0.1) is 11.8 Å². The summed E-state index contributed by atoms with van der Waals surface area (Å²) >= 11 is 1.08. The van der Waals surface area contributed by atoms with Crippen LogP contribution in [0.4, 0.5) is 0 Å². The monoisotopic (exact) mass is 161 g/mol. The minimum atomic E-state index is -0.896. The maximum atomic E-state index is 10.2. The Hall–Kier alpha value is -0.510. The van der Waals surface area contributed by atoms with Crippen LogP contribution in [0.15, 0.2) is 0 Å². The predicted octanol–water partition coefficient (Wildman–Crippen LogP) is 0.691. The zero-order chi connectivity index (χ0) is 8.15. The third-order valence-electron chi connectivity index (χ3n) is 0.922. The number of carboxylic acid groups (broad SMARTS) is 1. The van der Waals surface area contributed by atoms with Gasteiger partial charge in [0.25, 0.3) is 0 Å². The molecule has 0 fully saturated rings. The van der Waals surface area contributed by atoms with E-state index in [-0.39, 0.29) is 5.25 Å². The van der Waals surface area contributed by atoms with Crippen molar-refractivity contribution in [1.29, 1.82) is 0 Å². The molecule has 1 N–H and O–H groups in total. The molecule has 0 saturated heterocycles. The second-order valence-electron chi connectivity index (χ2n) is 1.88. The molecule has 3 nitrogen and oxygen atoms in total. The molecule has 57 valence electrons. The smallest absolute Gasteiger partial charge is 0.316 e. The Morgan fingerprint density at radius 2 is 2.10 bits per heavy atom. The van der Waals surface area contributed by atoms with Crippen molar-refractivity contribution in [3.8, 4) is 0 Å². The van der Waals surface area contributed by atoms with E-state index in [0.29, 0.717) is 0 Å². The van der Waals surface area contributed by atoms with Crippen LogP contribution in [0, 0.1) is 0 Å². The van der Waals surface area contributed by atoms with Crippen LogP contribution in [-0.2, 0) is 9.59 Å². The van der Waals surface area contributed by atoms with E-state index in [4.69, 9.17) is 5.11 Å². The molecule has 2 unspecified atom stereocenters. The van der Waals surface area contributed by atoms with Gasteiger partial charge in [-0.1, -0.05) is 0 Å². The lowest BCUT2D eigenvalue weighted by molar-refractivity contribution is -0.136. The highest BCUT2D eigenvalue weighted by molar-refractivity contribution is 8.01. The first-order valence-electron chi connectivity index (χ1n) is 2.84. The Balaban J connectivity index is 3.67. The first-order chi connectivity index (χ1) is 4.57. The second kappa shape index (κ2) is 4.33. The fourth-order valence-corrected chi connectivity index (χ4v) is 1.18. The maximum Gasteiger partial charge on any atom is 0.316 e. The number of thioether (sulfide) groups is 1. The number of rotatable bonds is 4. The van der Waals surface area contributed by atoms with Gasteiger partial charge < -0.3 is 5.11 Å². The summed E-state index contributed by atoms with van der Waals surface area (Å²) in [6, 6.07) is 0. The van der Waals surface area contributed by atoms with E-state index in [9.17, 15) is 9.59 Å². The summed E-state index contributed by atoms with van der Waals surface area (Å²) in [5, 5.41) is 7.49. The summed E-state index contributed by atoms with van der Waals surface area (Å²) in [6.45, 7) is 3.16. The Labute approximate surface area is 63.8 Å². The first-order valence-corrected chi connectivity index (χ1v) is 3.78. The molecule has 0 aliphatic carbocycles. The van der Waals surface area contributed by atoms with Crippen molar-refractivity contribution in [3.05, 3.63) is 0 Å². The van der Waals surface area contributed by atoms with E-state index in [1.165, 1.54) is 0 Å². The lowest BCUT2D eigenvalue weighted by Gasteiger charge is -2.05. The third-order valence-corrected chi connectivity index (χ3v) is 2.04. The lowest BCUT2D eigenvalue weighted by atomic mass is 10.5. The molecule has 0 amide bonds. The van der Waals surface area contributed by atoms with Gasteiger partial charge in [0.15, 0.2) is 0 Å². The van der Waals surface area contributed by atoms with E-state index < -0.39 is 11.2 Å². The van der Waals surface area contributed by atoms with Crippen LogP contribution in [0.3, 0.4) is 0 Å². The minimum Gasteiger partial charge on any atom is -0.480 e. The highest BCUT2D eigenvalue weighted by atomic mass is 32.2. The van der Waals surface area contributed by atoms with Gasteiger partial charge in [-0.05, 0) is 13.8 Å². The summed E-state index contributed by atoms with van der Waals surface area (Å²) in [5.74, 6) is -0.896. The van der Waals surface area contributed by atoms with Crippen molar-refractivity contribution in [2.24, 2.45) is 0 Å². The summed E-state index contributed by atoms with van der Waals surface area (Å²) in [7, 11) is 0. The number of carbonyl (C=O) groups excluding carboxylic acids is 1. The standard InChI is InChI=1S/C6H9O3S/c1-4(3-7)10-5(2)6(8)9/h4-5H,1-2H3,(H,8,9). The molecule has 0 spiro atoms. The molecule has 0 aliphatic heterocycles. The van der Waals surface area contributed by atoms with Crippen molar-refractivity contribution in [1.82, 2.24) is 0 Å². The number of aliphatic carboxylic acids is 1. The molecule has 0 aromatic rings. The Bertz CT molecular complexity index is 135. The molecule has 0 bridgehead atoms. The maximum absolute atomic E-state index is 10.2. The number of carbonyl (C=O) groups is 1. The molecule has 10 heavy (non-hydrogen) atoms. The third kappa shape index (κ3) is 3.50. The average molecular weight is 161 g/mol. The van der Waals surface area contributed by atoms with Gasteiger partial charge in [0.2, 0.25) is 6.29 Å². The van der Waals surface area contributed by atoms with Crippen LogP contribution < -0.4 is 0 Å². The molecule has 0 aromatic heterocycles. The lowest BCUT2D eigenvalue weighted by Crippen LogP contribution is -2.15. The fourth-order valence-electron chi connectivity index (χ4n) is 0.392. The molecule has 4 heteroatoms. The van der Waals surface area contributed by atoms with Crippen LogP contribution in [0.25, 0.3) is 0 Å². The SMILES string of the molecule is CC([C]=O)SC(C)C(=O)O. The molecular weight excluding hydrogens is 152 g/mol. The van der Waals surface area contributed by atoms with Crippen molar-refractivity contribution in [3.63, 3.8) is 0 Å². The average Bonchev–Trinajstić information content (AvgIpc) is 1.87. The molecule has 0 rings (SSSR count). The van der Waals surface area contributed by atoms with Gasteiger partial charge >= 0.3 is 5.97 Å². The van der Waals surface area contributed by atoms with Crippen LogP contribution in [-0.4, -0.2) is 27.9 Å². The zero-order valence-electron chi connectivity index (χ0n) is 5.83. The van der Waals surface area contributed by atoms with Crippen LogP contribution in [0.2, 0.25) is 0 Å². The van der Waals surface area contributed by atoms with Crippen molar-refractivity contribution in [2.75, 3.05) is 0 Å². The van der Waals surface area contributed by atoms with Crippen molar-refractivity contribution >= 4 is 24.0 Å². The van der Waals surface area contributed by atoms with Gasteiger partial charge in [-0.25, -0.2) is 0 Å². The Morgan fingerprint density at radius 3 is 2.40 bits per heavy atom. The molecule has 0 aliphatic rings. The summed E-state index contributed by atoms with van der Waals surface area (Å²) in [5.41, 5.74) is 0. The minimum absolute atomic E-state index is 0.355. The highest BCUT2D eigenvalue weighted by Gasteiger charge is 2.14. The Kier molecular flexibility index (Phi) is 4.11. The highest BCUT2D eigenvalue weighted by Crippen LogP contribution is 2.15. The van der Waals surface area contributed by atoms with Gasteiger partial charge in [-0.2, -0.15) is 0 Å². The molecule has 0 heterocycles. The summed E-state index contributed by atoms with van der Waals surface area (Å²) in [4.78, 5) is 20.1. The van der Waals surface area contributed by atoms with Crippen LogP contribution >= 0.6 is 11.8 Å². The summed E-state index contributed by atoms with van der Waals surface area (Å²) < 4.78 is 0. The van der Waals surface area contributed by atoms with E-state index in [1.54, 1.807) is 20.1 Å². The van der Waals surface area contributed by atoms with Crippen LogP contribution in [0.5, 0.6) is 0 Å². The van der Waals surface area contributed by atoms with Gasteiger partial charge in [-0.3, -0.25) is 9.59 Å². The molecule has 0 saturated carbocycles. The van der Waals surface area contributed by atoms with E-state index >= 15 is 0 Å². The van der Waals surface area contributed by atoms with Gasteiger partial charge in [0, 0.05) is 0 Å². The molecule has 1 radical (unpaired) electrons. The largest absolute Gasteiger partial charge is 0.480 e. The van der Waals surface area contributed by atoms with E-state index in [1.807, 2.05) is 0 Å². The van der Waals surface area contributed by atoms with Gasteiger partial charge in [0.05, 0.1) is 5.25 Å². The number of hydrogen-bond donors (Lipinski definition) is 1. The topological polar surface area (TPSA) is 54.4 Å². The first kappa shape index (κ1) is 9.49. The van der Waals surface area contributed by atoms with Crippen LogP contribution in [0.1, 0.15) is 13.8 Å². The van der Waals surface area contributed by atoms with Crippen molar-refractivity contribution < 1.29 is 14.7 Å². The number of hydrogen-bond acceptors (Lipinski definition) is 3.